The van der Waals surface area contributed by atoms with Gasteiger partial charge in [-0.15, -0.1) is 0 Å². The Hall–Kier alpha value is -2.29. The number of esters is 1. The molecule has 1 aromatic rings. The number of carbonyl (C=O) groups excluding carboxylic acids is 2. The summed E-state index contributed by atoms with van der Waals surface area (Å²) in [5, 5.41) is 12.2. The van der Waals surface area contributed by atoms with Crippen LogP contribution in [0, 0.1) is 41.4 Å². The number of rotatable bonds is 4. The monoisotopic (exact) mass is 508 g/mol. The number of amides is 1. The van der Waals surface area contributed by atoms with Gasteiger partial charge < -0.3 is 14.6 Å². The Morgan fingerprint density at radius 2 is 2.03 bits per heavy atom. The summed E-state index contributed by atoms with van der Waals surface area (Å²) in [5.41, 5.74) is 2.15. The lowest BCUT2D eigenvalue weighted by Crippen LogP contribution is -2.51. The maximum absolute atomic E-state index is 13.9. The molecule has 37 heavy (non-hydrogen) atoms. The number of cyclic esters (lactones) is 1. The molecule has 1 aromatic carbocycles. The van der Waals surface area contributed by atoms with E-state index in [1.54, 1.807) is 0 Å². The first-order chi connectivity index (χ1) is 17.8. The van der Waals surface area contributed by atoms with Crippen molar-refractivity contribution in [3.8, 4) is 0 Å². The molecule has 1 amide bonds. The van der Waals surface area contributed by atoms with Gasteiger partial charge in [-0.25, -0.2) is 0 Å². The first-order valence-corrected chi connectivity index (χ1v) is 13.9. The number of hydroxylamine groups is 1. The van der Waals surface area contributed by atoms with Gasteiger partial charge in [-0.2, -0.15) is 5.06 Å². The summed E-state index contributed by atoms with van der Waals surface area (Å²) in [6.45, 7) is 5.34. The van der Waals surface area contributed by atoms with Crippen LogP contribution in [0.15, 0.2) is 29.3 Å². The Bertz CT molecular complexity index is 1170. The van der Waals surface area contributed by atoms with E-state index >= 15 is 0 Å². The molecule has 5 aliphatic heterocycles. The fourth-order valence-electron chi connectivity index (χ4n) is 8.95. The van der Waals surface area contributed by atoms with Crippen molar-refractivity contribution in [1.29, 1.82) is 0 Å². The van der Waals surface area contributed by atoms with Crippen molar-refractivity contribution in [3.63, 3.8) is 0 Å². The van der Waals surface area contributed by atoms with Crippen LogP contribution in [0.5, 0.6) is 0 Å². The topological polar surface area (TPSA) is 97.7 Å². The van der Waals surface area contributed by atoms with Gasteiger partial charge in [0.2, 0.25) is 0 Å². The van der Waals surface area contributed by atoms with E-state index in [0.29, 0.717) is 32.0 Å². The second kappa shape index (κ2) is 8.35. The van der Waals surface area contributed by atoms with Crippen molar-refractivity contribution in [2.45, 2.75) is 63.2 Å². The summed E-state index contributed by atoms with van der Waals surface area (Å²) in [6.07, 6.45) is 2.04. The van der Waals surface area contributed by atoms with E-state index in [9.17, 15) is 14.7 Å². The zero-order chi connectivity index (χ0) is 25.6. The summed E-state index contributed by atoms with van der Waals surface area (Å²) in [4.78, 5) is 37.6. The van der Waals surface area contributed by atoms with Crippen LogP contribution in [0.2, 0.25) is 0 Å². The van der Waals surface area contributed by atoms with Crippen molar-refractivity contribution in [2.75, 3.05) is 25.4 Å². The molecule has 2 saturated carbocycles. The van der Waals surface area contributed by atoms with Gasteiger partial charge in [-0.1, -0.05) is 32.0 Å². The maximum Gasteiger partial charge on any atom is 0.309 e. The molecule has 8 rings (SSSR count). The van der Waals surface area contributed by atoms with Crippen LogP contribution < -0.4 is 5.06 Å². The highest BCUT2D eigenvalue weighted by Crippen LogP contribution is 2.57. The van der Waals surface area contributed by atoms with Crippen molar-refractivity contribution >= 4 is 23.3 Å². The molecule has 4 bridgehead atoms. The number of anilines is 1. The van der Waals surface area contributed by atoms with Crippen LogP contribution in [0.3, 0.4) is 0 Å². The summed E-state index contributed by atoms with van der Waals surface area (Å²) >= 11 is 0. The van der Waals surface area contributed by atoms with Crippen LogP contribution in [-0.4, -0.2) is 61.3 Å². The van der Waals surface area contributed by atoms with Gasteiger partial charge in [-0.05, 0) is 49.1 Å². The third-order valence-corrected chi connectivity index (χ3v) is 10.7. The predicted molar refractivity (Wildman–Crippen MR) is 135 cm³/mol. The minimum atomic E-state index is -0.788. The molecule has 7 aliphatic rings. The van der Waals surface area contributed by atoms with Gasteiger partial charge in [0.1, 0.15) is 5.41 Å². The number of para-hydroxylation sites is 1. The molecule has 0 unspecified atom stereocenters. The SMILES string of the molecule is CON1C(=O)[C@@]2(C[C@@H]3N=C([C@H](C)C[C@H]4C(=O)OC[C@H]5[C@@H]4[C@@H](O)C[C@@H]5C)[C@@H]4C[C@H]2OC[C@H]34)c2ccccc21. The average molecular weight is 509 g/mol. The van der Waals surface area contributed by atoms with Crippen LogP contribution in [-0.2, 0) is 29.3 Å². The van der Waals surface area contributed by atoms with E-state index in [1.807, 2.05) is 24.3 Å². The number of carbonyl (C=O) groups is 2. The van der Waals surface area contributed by atoms with Gasteiger partial charge in [-0.3, -0.25) is 19.4 Å². The molecule has 0 aromatic heterocycles. The second-order valence-corrected chi connectivity index (χ2v) is 12.3. The van der Waals surface area contributed by atoms with Gasteiger partial charge in [0.25, 0.3) is 5.91 Å². The Labute approximate surface area is 217 Å². The number of aliphatic hydroxyl groups excluding tert-OH is 1. The Kier molecular flexibility index (Phi) is 5.37. The minimum Gasteiger partial charge on any atom is -0.465 e. The molecule has 3 saturated heterocycles. The quantitative estimate of drug-likeness (QED) is 0.628. The largest absolute Gasteiger partial charge is 0.465 e. The minimum absolute atomic E-state index is 0.00749. The highest BCUT2D eigenvalue weighted by molar-refractivity contribution is 6.07. The third kappa shape index (κ3) is 3.15. The molecule has 5 heterocycles. The summed E-state index contributed by atoms with van der Waals surface area (Å²) in [5.74, 6) is 0.628. The molecular weight excluding hydrogens is 472 g/mol. The summed E-state index contributed by atoms with van der Waals surface area (Å²) in [7, 11) is 1.54. The van der Waals surface area contributed by atoms with E-state index < -0.39 is 11.5 Å². The van der Waals surface area contributed by atoms with Crippen LogP contribution in [0.1, 0.15) is 45.1 Å². The molecule has 0 radical (unpaired) electrons. The average Bonchev–Trinajstić information content (AvgIpc) is 3.39. The standard InChI is InChI=1S/C29H36N2O6/c1-14-9-23(32)25-17(27(33)37-12-18(14)25)8-15(2)26-16-10-24-29(11-21(30-26)19(16)13-36-24)20-6-4-5-7-22(20)31(35-3)28(29)34/h4-7,14-19,21,23-25,32H,8-13H2,1-3H3/t14-,15+,16+,17+,18+,19-,21-,23-,24+,25+,29-/m0/s1. The normalized spacial score (nSPS) is 44.5. The van der Waals surface area contributed by atoms with Gasteiger partial charge in [0.15, 0.2) is 0 Å². The van der Waals surface area contributed by atoms with E-state index in [0.717, 1.165) is 29.8 Å². The number of aliphatic imine (C=N–C) groups is 1. The number of ether oxygens (including phenoxy) is 2. The zero-order valence-corrected chi connectivity index (χ0v) is 21.7. The maximum atomic E-state index is 13.9. The fourth-order valence-corrected chi connectivity index (χ4v) is 8.95. The molecule has 11 atom stereocenters. The molecule has 8 nitrogen and oxygen atoms in total. The lowest BCUT2D eigenvalue weighted by molar-refractivity contribution is -0.164. The number of aliphatic hydroxyl groups is 1. The highest BCUT2D eigenvalue weighted by Gasteiger charge is 2.64. The summed E-state index contributed by atoms with van der Waals surface area (Å²) in [6, 6.07) is 7.88. The number of benzene rings is 1. The molecule has 1 spiro atoms. The van der Waals surface area contributed by atoms with E-state index in [4.69, 9.17) is 19.3 Å². The molecular formula is C29H36N2O6. The third-order valence-electron chi connectivity index (χ3n) is 10.7. The van der Waals surface area contributed by atoms with Crippen molar-refractivity contribution < 1.29 is 29.0 Å². The van der Waals surface area contributed by atoms with Crippen LogP contribution in [0.4, 0.5) is 5.69 Å². The van der Waals surface area contributed by atoms with Gasteiger partial charge in [0.05, 0.1) is 50.2 Å². The van der Waals surface area contributed by atoms with Crippen molar-refractivity contribution in [1.82, 2.24) is 0 Å². The molecule has 198 valence electrons. The van der Waals surface area contributed by atoms with Crippen LogP contribution in [0.25, 0.3) is 0 Å². The first-order valence-electron chi connectivity index (χ1n) is 13.9. The number of hydrogen-bond acceptors (Lipinski definition) is 7. The number of nitrogens with zero attached hydrogens (tertiary/aromatic N) is 2. The molecule has 2 aliphatic carbocycles. The number of fused-ring (bicyclic) bond motifs is 3. The first kappa shape index (κ1) is 23.8. The predicted octanol–water partition coefficient (Wildman–Crippen LogP) is 2.91. The smallest absolute Gasteiger partial charge is 0.309 e. The molecule has 5 fully saturated rings. The molecule has 8 heteroatoms. The van der Waals surface area contributed by atoms with E-state index in [-0.39, 0.29) is 59.5 Å². The molecule has 1 N–H and O–H groups in total. The van der Waals surface area contributed by atoms with Crippen molar-refractivity contribution in [2.24, 2.45) is 46.4 Å². The van der Waals surface area contributed by atoms with Gasteiger partial charge >= 0.3 is 5.97 Å². The van der Waals surface area contributed by atoms with Crippen LogP contribution >= 0.6 is 0 Å². The van der Waals surface area contributed by atoms with E-state index in [1.165, 1.54) is 12.2 Å². The Morgan fingerprint density at radius 3 is 2.84 bits per heavy atom. The van der Waals surface area contributed by atoms with Gasteiger partial charge in [0, 0.05) is 29.4 Å². The van der Waals surface area contributed by atoms with Crippen molar-refractivity contribution in [3.05, 3.63) is 29.8 Å². The lowest BCUT2D eigenvalue weighted by Gasteiger charge is -2.40. The summed E-state index contributed by atoms with van der Waals surface area (Å²) < 4.78 is 12.0. The lowest BCUT2D eigenvalue weighted by atomic mass is 9.70. The van der Waals surface area contributed by atoms with E-state index in [2.05, 4.69) is 13.8 Å². The Balaban J connectivity index is 1.19. The number of hydrogen-bond donors (Lipinski definition) is 1. The zero-order valence-electron chi connectivity index (χ0n) is 21.7. The second-order valence-electron chi connectivity index (χ2n) is 12.3. The Morgan fingerprint density at radius 1 is 1.22 bits per heavy atom. The highest BCUT2D eigenvalue weighted by atomic mass is 16.7. The fraction of sp³-hybridized carbons (Fsp3) is 0.690.